The van der Waals surface area contributed by atoms with Gasteiger partial charge in [-0.25, -0.2) is 4.98 Å². The summed E-state index contributed by atoms with van der Waals surface area (Å²) in [6.07, 6.45) is 2.13. The highest BCUT2D eigenvalue weighted by molar-refractivity contribution is 6.38. The molecule has 0 aliphatic carbocycles. The first-order valence-corrected chi connectivity index (χ1v) is 18.2. The first kappa shape index (κ1) is 27.5. The lowest BCUT2D eigenvalue weighted by atomic mass is 9.98. The molecule has 53 heavy (non-hydrogen) atoms. The summed E-state index contributed by atoms with van der Waals surface area (Å²) < 4.78 is 4.94. The maximum atomic E-state index is 5.44. The van der Waals surface area contributed by atoms with Crippen LogP contribution in [0.15, 0.2) is 170 Å². The Balaban J connectivity index is 1.24. The SMILES string of the molecule is c1ccc(N(c2ccccc2)c2cccc3c4cccc5c6c7c8cc9ccccc9c9c%10cc%11ccccc%11cc%10n(c7ncc6n(c23)c45)c89)cc1. The second-order valence-corrected chi connectivity index (χ2v) is 14.4. The summed E-state index contributed by atoms with van der Waals surface area (Å²) in [6.45, 7) is 0. The van der Waals surface area contributed by atoms with Gasteiger partial charge >= 0.3 is 0 Å². The van der Waals surface area contributed by atoms with Gasteiger partial charge < -0.3 is 9.30 Å². The highest BCUT2D eigenvalue weighted by Gasteiger charge is 2.27. The first-order chi connectivity index (χ1) is 26.3. The van der Waals surface area contributed by atoms with Gasteiger partial charge in [0.1, 0.15) is 5.65 Å². The zero-order valence-electron chi connectivity index (χ0n) is 28.5. The molecule has 0 saturated carbocycles. The summed E-state index contributed by atoms with van der Waals surface area (Å²) in [4.78, 5) is 7.83. The van der Waals surface area contributed by atoms with E-state index in [2.05, 4.69) is 184 Å². The van der Waals surface area contributed by atoms with E-state index in [1.807, 2.05) is 0 Å². The largest absolute Gasteiger partial charge is 0.308 e. The molecule has 0 aliphatic rings. The Morgan fingerprint density at radius 1 is 0.377 bits per heavy atom. The summed E-state index contributed by atoms with van der Waals surface area (Å²) in [5, 5.41) is 15.1. The van der Waals surface area contributed by atoms with Crippen molar-refractivity contribution in [3.8, 4) is 0 Å². The van der Waals surface area contributed by atoms with Crippen molar-refractivity contribution in [3.63, 3.8) is 0 Å². The summed E-state index contributed by atoms with van der Waals surface area (Å²) in [7, 11) is 0. The standard InChI is InChI=1S/C49H28N4/c1-3-16-32(17-4-1)51(33-18-5-2-6-19-33)40-24-12-22-36-35-21-11-23-37-44-42(52(46(35)37)47(36)40)28-50-49-45(44)39-26-31-15-9-10-20-34(31)43-38-25-29-13-7-8-14-30(29)27-41(38)53(49)48(39)43/h1-28H. The third-order valence-electron chi connectivity index (χ3n) is 11.7. The molecule has 4 nitrogen and oxygen atoms in total. The molecule has 0 spiro atoms. The molecule has 0 aliphatic heterocycles. The van der Waals surface area contributed by atoms with E-state index in [0.717, 1.165) is 28.2 Å². The Kier molecular flexibility index (Phi) is 5.08. The molecule has 13 aromatic rings. The third-order valence-corrected chi connectivity index (χ3v) is 11.7. The molecule has 0 atom stereocenters. The minimum absolute atomic E-state index is 1.01. The predicted octanol–water partition coefficient (Wildman–Crippen LogP) is 13.2. The monoisotopic (exact) mass is 672 g/mol. The van der Waals surface area contributed by atoms with E-state index in [4.69, 9.17) is 4.98 Å². The molecule has 0 N–H and O–H groups in total. The number of aromatic nitrogens is 3. The van der Waals surface area contributed by atoms with Gasteiger partial charge in [-0.2, -0.15) is 0 Å². The molecule has 0 bridgehead atoms. The number of nitrogens with zero attached hydrogens (tertiary/aromatic N) is 4. The molecule has 244 valence electrons. The number of hydrogen-bond acceptors (Lipinski definition) is 2. The number of para-hydroxylation sites is 4. The molecule has 0 saturated heterocycles. The Morgan fingerprint density at radius 3 is 1.75 bits per heavy atom. The van der Waals surface area contributed by atoms with Crippen LogP contribution < -0.4 is 4.90 Å². The first-order valence-electron chi connectivity index (χ1n) is 18.2. The third kappa shape index (κ3) is 3.39. The van der Waals surface area contributed by atoms with Crippen LogP contribution in [0.5, 0.6) is 0 Å². The van der Waals surface area contributed by atoms with E-state index in [0.29, 0.717) is 0 Å². The Hall–Kier alpha value is -7.17. The number of rotatable bonds is 3. The topological polar surface area (TPSA) is 24.9 Å². The van der Waals surface area contributed by atoms with E-state index < -0.39 is 0 Å². The van der Waals surface area contributed by atoms with Crippen molar-refractivity contribution >= 4 is 115 Å². The van der Waals surface area contributed by atoms with Gasteiger partial charge in [-0.3, -0.25) is 4.40 Å². The van der Waals surface area contributed by atoms with Gasteiger partial charge in [-0.1, -0.05) is 115 Å². The summed E-state index contributed by atoms with van der Waals surface area (Å²) in [5.41, 5.74) is 10.4. The van der Waals surface area contributed by atoms with Crippen LogP contribution in [0.4, 0.5) is 17.1 Å². The van der Waals surface area contributed by atoms with Crippen LogP contribution >= 0.6 is 0 Å². The zero-order chi connectivity index (χ0) is 34.4. The molecule has 4 heteroatoms. The van der Waals surface area contributed by atoms with Crippen molar-refractivity contribution < 1.29 is 0 Å². The summed E-state index contributed by atoms with van der Waals surface area (Å²) in [6, 6.07) is 59.7. The van der Waals surface area contributed by atoms with E-state index >= 15 is 0 Å². The Morgan fingerprint density at radius 2 is 0.981 bits per heavy atom. The molecule has 0 unspecified atom stereocenters. The smallest absolute Gasteiger partial charge is 0.146 e. The molecule has 5 heterocycles. The van der Waals surface area contributed by atoms with Crippen molar-refractivity contribution in [3.05, 3.63) is 170 Å². The number of hydrogen-bond donors (Lipinski definition) is 0. The van der Waals surface area contributed by atoms with Gasteiger partial charge in [0.15, 0.2) is 0 Å². The molecule has 13 rings (SSSR count). The second kappa shape index (κ2) is 9.78. The van der Waals surface area contributed by atoms with Crippen molar-refractivity contribution in [1.29, 1.82) is 0 Å². The van der Waals surface area contributed by atoms with E-state index in [9.17, 15) is 0 Å². The minimum atomic E-state index is 1.01. The molecule has 5 aromatic heterocycles. The highest BCUT2D eigenvalue weighted by atomic mass is 15.2. The van der Waals surface area contributed by atoms with E-state index in [-0.39, 0.29) is 0 Å². The maximum absolute atomic E-state index is 5.44. The minimum Gasteiger partial charge on any atom is -0.308 e. The van der Waals surface area contributed by atoms with Crippen molar-refractivity contribution in [2.45, 2.75) is 0 Å². The number of fused-ring (bicyclic) bond motifs is 16. The van der Waals surface area contributed by atoms with Crippen molar-refractivity contribution in [2.75, 3.05) is 4.90 Å². The summed E-state index contributed by atoms with van der Waals surface area (Å²) in [5.74, 6) is 0. The average Bonchev–Trinajstić information content (AvgIpc) is 3.94. The van der Waals surface area contributed by atoms with Crippen molar-refractivity contribution in [2.24, 2.45) is 0 Å². The van der Waals surface area contributed by atoms with Gasteiger partial charge in [-0.05, 0) is 70.1 Å². The average molecular weight is 673 g/mol. The van der Waals surface area contributed by atoms with Crippen LogP contribution in [-0.2, 0) is 0 Å². The normalized spacial score (nSPS) is 12.5. The van der Waals surface area contributed by atoms with Crippen LogP contribution in [0.25, 0.3) is 97.9 Å². The quantitative estimate of drug-likeness (QED) is 0.187. The van der Waals surface area contributed by atoms with Gasteiger partial charge in [0, 0.05) is 54.5 Å². The molecular formula is C49H28N4. The molecule has 8 aromatic carbocycles. The van der Waals surface area contributed by atoms with E-state index in [1.54, 1.807) is 0 Å². The van der Waals surface area contributed by atoms with Crippen LogP contribution in [0.2, 0.25) is 0 Å². The lowest BCUT2D eigenvalue weighted by Crippen LogP contribution is -2.10. The summed E-state index contributed by atoms with van der Waals surface area (Å²) >= 11 is 0. The Labute approximate surface area is 302 Å². The number of anilines is 3. The number of pyridine rings is 1. The van der Waals surface area contributed by atoms with Gasteiger partial charge in [0.2, 0.25) is 0 Å². The van der Waals surface area contributed by atoms with Gasteiger partial charge in [0.05, 0.1) is 39.5 Å². The second-order valence-electron chi connectivity index (χ2n) is 14.4. The molecule has 0 radical (unpaired) electrons. The van der Waals surface area contributed by atoms with Crippen LogP contribution in [0.1, 0.15) is 0 Å². The fourth-order valence-corrected chi connectivity index (χ4v) is 9.65. The highest BCUT2D eigenvalue weighted by Crippen LogP contribution is 2.50. The molecule has 0 fully saturated rings. The Bertz CT molecular complexity index is 3580. The van der Waals surface area contributed by atoms with E-state index in [1.165, 1.54) is 86.7 Å². The predicted molar refractivity (Wildman–Crippen MR) is 223 cm³/mol. The van der Waals surface area contributed by atoms with Gasteiger partial charge in [0.25, 0.3) is 0 Å². The fraction of sp³-hybridized carbons (Fsp3) is 0. The van der Waals surface area contributed by atoms with Crippen molar-refractivity contribution in [1.82, 2.24) is 13.8 Å². The maximum Gasteiger partial charge on any atom is 0.146 e. The molecule has 0 amide bonds. The van der Waals surface area contributed by atoms with Crippen LogP contribution in [0.3, 0.4) is 0 Å². The molecular weight excluding hydrogens is 645 g/mol. The van der Waals surface area contributed by atoms with Crippen LogP contribution in [0, 0.1) is 0 Å². The van der Waals surface area contributed by atoms with Gasteiger partial charge in [-0.15, -0.1) is 0 Å². The van der Waals surface area contributed by atoms with Crippen LogP contribution in [-0.4, -0.2) is 13.8 Å². The zero-order valence-corrected chi connectivity index (χ0v) is 28.5. The fourth-order valence-electron chi connectivity index (χ4n) is 9.65. The lowest BCUT2D eigenvalue weighted by Gasteiger charge is -2.26. The lowest BCUT2D eigenvalue weighted by molar-refractivity contribution is 1.25. The number of benzene rings is 8.